The SMILES string of the molecule is O=C(Cl)COCCOCCOCCOCCCCCCCCCCCS. The highest BCUT2D eigenvalue weighted by Gasteiger charge is 1.96. The molecule has 156 valence electrons. The maximum Gasteiger partial charge on any atom is 0.247 e. The van der Waals surface area contributed by atoms with Crippen molar-refractivity contribution in [2.75, 3.05) is 58.6 Å². The van der Waals surface area contributed by atoms with Crippen molar-refractivity contribution < 1.29 is 23.7 Å². The van der Waals surface area contributed by atoms with E-state index in [0.717, 1.165) is 18.8 Å². The zero-order chi connectivity index (χ0) is 19.1. The second-order valence-electron chi connectivity index (χ2n) is 6.15. The minimum absolute atomic E-state index is 0.0739. The monoisotopic (exact) mass is 412 g/mol. The van der Waals surface area contributed by atoms with Crippen LogP contribution in [0, 0.1) is 0 Å². The quantitative estimate of drug-likeness (QED) is 0.163. The van der Waals surface area contributed by atoms with Crippen LogP contribution in [0.25, 0.3) is 0 Å². The first kappa shape index (κ1) is 26.1. The Bertz CT molecular complexity index is 295. The van der Waals surface area contributed by atoms with E-state index in [4.69, 9.17) is 30.5 Å². The van der Waals surface area contributed by atoms with Gasteiger partial charge in [-0.15, -0.1) is 0 Å². The van der Waals surface area contributed by atoms with E-state index in [1.54, 1.807) is 0 Å². The van der Waals surface area contributed by atoms with Crippen molar-refractivity contribution in [3.8, 4) is 0 Å². The minimum Gasteiger partial charge on any atom is -0.379 e. The van der Waals surface area contributed by atoms with Crippen molar-refractivity contribution in [2.24, 2.45) is 0 Å². The van der Waals surface area contributed by atoms with Gasteiger partial charge < -0.3 is 18.9 Å². The smallest absolute Gasteiger partial charge is 0.247 e. The second kappa shape index (κ2) is 23.2. The fourth-order valence-electron chi connectivity index (χ4n) is 2.37. The molecule has 0 amide bonds. The van der Waals surface area contributed by atoms with Crippen molar-refractivity contribution >= 4 is 29.5 Å². The Kier molecular flexibility index (Phi) is 23.3. The van der Waals surface area contributed by atoms with Gasteiger partial charge in [-0.1, -0.05) is 44.9 Å². The third-order valence-electron chi connectivity index (χ3n) is 3.78. The lowest BCUT2D eigenvalue weighted by molar-refractivity contribution is -0.116. The van der Waals surface area contributed by atoms with E-state index in [1.165, 1.54) is 51.4 Å². The fraction of sp³-hybridized carbons (Fsp3) is 0.947. The summed E-state index contributed by atoms with van der Waals surface area (Å²) in [5.41, 5.74) is 0. The van der Waals surface area contributed by atoms with Gasteiger partial charge in [0.2, 0.25) is 5.24 Å². The maximum atomic E-state index is 10.4. The molecule has 0 aromatic heterocycles. The van der Waals surface area contributed by atoms with Crippen molar-refractivity contribution in [1.29, 1.82) is 0 Å². The first-order chi connectivity index (χ1) is 12.8. The highest BCUT2D eigenvalue weighted by Crippen LogP contribution is 2.09. The lowest BCUT2D eigenvalue weighted by Crippen LogP contribution is -2.13. The van der Waals surface area contributed by atoms with Crippen molar-refractivity contribution in [3.63, 3.8) is 0 Å². The molecule has 0 atom stereocenters. The summed E-state index contributed by atoms with van der Waals surface area (Å²) in [4.78, 5) is 10.4. The highest BCUT2D eigenvalue weighted by atomic mass is 35.5. The summed E-state index contributed by atoms with van der Waals surface area (Å²) in [5, 5.41) is -0.496. The van der Waals surface area contributed by atoms with Crippen LogP contribution in [0.4, 0.5) is 0 Å². The average Bonchev–Trinajstić information content (AvgIpc) is 2.62. The predicted octanol–water partition coefficient (Wildman–Crippen LogP) is 4.26. The molecule has 0 aliphatic rings. The molecule has 0 radical (unpaired) electrons. The molecular weight excluding hydrogens is 376 g/mol. The normalized spacial score (nSPS) is 11.2. The predicted molar refractivity (Wildman–Crippen MR) is 110 cm³/mol. The molecule has 0 spiro atoms. The van der Waals surface area contributed by atoms with Gasteiger partial charge in [-0.05, 0) is 30.2 Å². The molecule has 0 fully saturated rings. The number of ether oxygens (including phenoxy) is 4. The first-order valence-corrected chi connectivity index (χ1v) is 10.9. The van der Waals surface area contributed by atoms with E-state index in [0.29, 0.717) is 39.6 Å². The molecule has 0 saturated heterocycles. The average molecular weight is 413 g/mol. The van der Waals surface area contributed by atoms with E-state index in [-0.39, 0.29) is 6.61 Å². The lowest BCUT2D eigenvalue weighted by atomic mass is 10.1. The van der Waals surface area contributed by atoms with Gasteiger partial charge in [0.25, 0.3) is 0 Å². The fourth-order valence-corrected chi connectivity index (χ4v) is 2.67. The van der Waals surface area contributed by atoms with Crippen molar-refractivity contribution in [3.05, 3.63) is 0 Å². The number of carbonyl (C=O) groups is 1. The van der Waals surface area contributed by atoms with Crippen LogP contribution < -0.4 is 0 Å². The van der Waals surface area contributed by atoms with Gasteiger partial charge in [-0.3, -0.25) is 4.79 Å². The second-order valence-corrected chi connectivity index (χ2v) is 7.02. The molecule has 0 aromatic rings. The van der Waals surface area contributed by atoms with Crippen LogP contribution in [0.5, 0.6) is 0 Å². The first-order valence-electron chi connectivity index (χ1n) is 9.87. The highest BCUT2D eigenvalue weighted by molar-refractivity contribution is 7.80. The van der Waals surface area contributed by atoms with Gasteiger partial charge in [-0.25, -0.2) is 0 Å². The lowest BCUT2D eigenvalue weighted by Gasteiger charge is -2.07. The van der Waals surface area contributed by atoms with E-state index >= 15 is 0 Å². The summed E-state index contributed by atoms with van der Waals surface area (Å²) in [5.74, 6) is 1.02. The van der Waals surface area contributed by atoms with E-state index in [1.807, 2.05) is 0 Å². The van der Waals surface area contributed by atoms with Gasteiger partial charge in [0, 0.05) is 6.61 Å². The van der Waals surface area contributed by atoms with E-state index in [9.17, 15) is 4.79 Å². The third kappa shape index (κ3) is 24.1. The van der Waals surface area contributed by atoms with Crippen LogP contribution in [0.3, 0.4) is 0 Å². The van der Waals surface area contributed by atoms with E-state index < -0.39 is 5.24 Å². The molecule has 26 heavy (non-hydrogen) atoms. The number of hydrogen-bond donors (Lipinski definition) is 1. The Morgan fingerprint density at radius 2 is 0.962 bits per heavy atom. The summed E-state index contributed by atoms with van der Waals surface area (Å²) in [6.45, 7) is 3.79. The summed E-state index contributed by atoms with van der Waals surface area (Å²) in [6, 6.07) is 0. The Labute approximate surface area is 169 Å². The molecule has 0 heterocycles. The standard InChI is InChI=1S/C19H37ClO5S/c20-19(21)18-25-16-15-24-14-13-23-12-11-22-10-8-6-4-2-1-3-5-7-9-17-26/h26H,1-18H2. The molecule has 0 unspecified atom stereocenters. The topological polar surface area (TPSA) is 54.0 Å². The molecule has 0 aliphatic carbocycles. The van der Waals surface area contributed by atoms with Crippen LogP contribution >= 0.6 is 24.2 Å². The number of carbonyl (C=O) groups excluding carboxylic acids is 1. The molecule has 0 rings (SSSR count). The molecule has 7 heteroatoms. The Morgan fingerprint density at radius 3 is 1.42 bits per heavy atom. The van der Waals surface area contributed by atoms with Crippen LogP contribution in [-0.2, 0) is 23.7 Å². The number of thiol groups is 1. The summed E-state index contributed by atoms with van der Waals surface area (Å²) < 4.78 is 21.2. The third-order valence-corrected chi connectivity index (χ3v) is 4.20. The van der Waals surface area contributed by atoms with Crippen LogP contribution in [0.15, 0.2) is 0 Å². The molecular formula is C19H37ClO5S. The number of hydrogen-bond acceptors (Lipinski definition) is 6. The minimum atomic E-state index is -0.496. The molecule has 0 aliphatic heterocycles. The van der Waals surface area contributed by atoms with Gasteiger partial charge in [0.15, 0.2) is 0 Å². The van der Waals surface area contributed by atoms with E-state index in [2.05, 4.69) is 12.6 Å². The molecule has 5 nitrogen and oxygen atoms in total. The van der Waals surface area contributed by atoms with Gasteiger partial charge >= 0.3 is 0 Å². The number of unbranched alkanes of at least 4 members (excludes halogenated alkanes) is 8. The van der Waals surface area contributed by atoms with Crippen molar-refractivity contribution in [2.45, 2.75) is 57.8 Å². The molecule has 0 N–H and O–H groups in total. The molecule has 0 bridgehead atoms. The van der Waals surface area contributed by atoms with Gasteiger partial charge in [-0.2, -0.15) is 12.6 Å². The molecule has 0 saturated carbocycles. The van der Waals surface area contributed by atoms with Crippen LogP contribution in [0.2, 0.25) is 0 Å². The number of rotatable bonds is 22. The Morgan fingerprint density at radius 1 is 0.577 bits per heavy atom. The van der Waals surface area contributed by atoms with Crippen molar-refractivity contribution in [1.82, 2.24) is 0 Å². The van der Waals surface area contributed by atoms with Crippen LogP contribution in [0.1, 0.15) is 57.8 Å². The molecule has 0 aromatic carbocycles. The Hall–Kier alpha value is 0.150. The van der Waals surface area contributed by atoms with Crippen LogP contribution in [-0.4, -0.2) is 63.9 Å². The number of halogens is 1. The summed E-state index contributed by atoms with van der Waals surface area (Å²) >= 11 is 9.36. The maximum absolute atomic E-state index is 10.4. The summed E-state index contributed by atoms with van der Waals surface area (Å²) in [7, 11) is 0. The zero-order valence-corrected chi connectivity index (χ0v) is 17.7. The Balaban J connectivity index is 2.98. The largest absolute Gasteiger partial charge is 0.379 e. The van der Waals surface area contributed by atoms with Gasteiger partial charge in [0.05, 0.1) is 39.6 Å². The van der Waals surface area contributed by atoms with Gasteiger partial charge in [0.1, 0.15) is 6.61 Å². The zero-order valence-electron chi connectivity index (χ0n) is 16.1. The summed E-state index contributed by atoms with van der Waals surface area (Å²) in [6.07, 6.45) is 11.7.